The van der Waals surface area contributed by atoms with Crippen molar-refractivity contribution in [2.75, 3.05) is 0 Å². The van der Waals surface area contributed by atoms with Gasteiger partial charge in [-0.15, -0.1) is 0 Å². The summed E-state index contributed by atoms with van der Waals surface area (Å²) in [5.41, 5.74) is 2.76. The smallest absolute Gasteiger partial charge is 0.329 e. The van der Waals surface area contributed by atoms with Crippen molar-refractivity contribution >= 4 is 41.2 Å². The lowest BCUT2D eigenvalue weighted by molar-refractivity contribution is -0.139. The van der Waals surface area contributed by atoms with Crippen molar-refractivity contribution in [1.82, 2.24) is 10.7 Å². The number of hydrogen-bond acceptors (Lipinski definition) is 4. The Morgan fingerprint density at radius 3 is 2.62 bits per heavy atom. The van der Waals surface area contributed by atoms with Crippen molar-refractivity contribution in [3.63, 3.8) is 0 Å². The highest BCUT2D eigenvalue weighted by Crippen LogP contribution is 2.34. The average molecular weight is 368 g/mol. The molecule has 126 valence electrons. The van der Waals surface area contributed by atoms with Crippen LogP contribution in [0.15, 0.2) is 39.9 Å². The fraction of sp³-hybridized carbons (Fsp3) is 0.188. The van der Waals surface area contributed by atoms with Crippen LogP contribution in [0.25, 0.3) is 11.3 Å². The summed E-state index contributed by atoms with van der Waals surface area (Å²) < 4.78 is 5.57. The molecule has 0 saturated heterocycles. The number of carbonyl (C=O) groups excluding carboxylic acids is 2. The van der Waals surface area contributed by atoms with Gasteiger partial charge in [0.05, 0.1) is 16.3 Å². The van der Waals surface area contributed by atoms with Gasteiger partial charge in [0.2, 0.25) is 0 Å². The van der Waals surface area contributed by atoms with E-state index in [4.69, 9.17) is 27.6 Å². The summed E-state index contributed by atoms with van der Waals surface area (Å²) in [6, 6.07) is 8.42. The summed E-state index contributed by atoms with van der Waals surface area (Å²) in [7, 11) is 0. The first-order chi connectivity index (χ1) is 11.4. The third-order valence-corrected chi connectivity index (χ3v) is 3.65. The molecule has 0 aliphatic carbocycles. The molecule has 0 bridgehead atoms. The summed E-state index contributed by atoms with van der Waals surface area (Å²) in [6.45, 7) is 3.50. The SMILES string of the molecule is CC(C)NC(=O)C(=O)N/N=C\c1ccc(-c2cccc(Cl)c2Cl)o1. The second-order valence-electron chi connectivity index (χ2n) is 5.13. The number of furan rings is 1. The zero-order valence-corrected chi connectivity index (χ0v) is 14.5. The molecule has 2 N–H and O–H groups in total. The highest BCUT2D eigenvalue weighted by Gasteiger charge is 2.13. The number of amides is 2. The monoisotopic (exact) mass is 367 g/mol. The van der Waals surface area contributed by atoms with E-state index in [0.717, 1.165) is 0 Å². The molecule has 0 spiro atoms. The van der Waals surface area contributed by atoms with Crippen molar-refractivity contribution in [1.29, 1.82) is 0 Å². The highest BCUT2D eigenvalue weighted by molar-refractivity contribution is 6.43. The fourth-order valence-corrected chi connectivity index (χ4v) is 2.19. The zero-order valence-electron chi connectivity index (χ0n) is 13.0. The van der Waals surface area contributed by atoms with Crippen LogP contribution in [-0.2, 0) is 9.59 Å². The molecule has 0 aliphatic rings. The average Bonchev–Trinajstić information content (AvgIpc) is 2.98. The van der Waals surface area contributed by atoms with E-state index in [9.17, 15) is 9.59 Å². The number of carbonyl (C=O) groups is 2. The molecule has 0 aliphatic heterocycles. The maximum atomic E-state index is 11.5. The van der Waals surface area contributed by atoms with E-state index in [1.807, 2.05) is 0 Å². The number of nitrogens with one attached hydrogen (secondary N) is 2. The number of hydrazone groups is 1. The Hall–Kier alpha value is -2.31. The molecule has 0 fully saturated rings. The predicted octanol–water partition coefficient (Wildman–Crippen LogP) is 3.23. The first kappa shape index (κ1) is 18.0. The molecule has 24 heavy (non-hydrogen) atoms. The van der Waals surface area contributed by atoms with Gasteiger partial charge in [0.15, 0.2) is 0 Å². The molecule has 2 rings (SSSR count). The lowest BCUT2D eigenvalue weighted by Crippen LogP contribution is -2.41. The molecule has 2 amide bonds. The van der Waals surface area contributed by atoms with Crippen LogP contribution in [0.5, 0.6) is 0 Å². The van der Waals surface area contributed by atoms with Crippen LogP contribution in [-0.4, -0.2) is 24.1 Å². The van der Waals surface area contributed by atoms with Crippen molar-refractivity contribution in [3.05, 3.63) is 46.1 Å². The maximum Gasteiger partial charge on any atom is 0.329 e. The number of benzene rings is 1. The normalized spacial score (nSPS) is 11.0. The number of rotatable bonds is 4. The van der Waals surface area contributed by atoms with Crippen LogP contribution in [0.2, 0.25) is 10.0 Å². The summed E-state index contributed by atoms with van der Waals surface area (Å²) in [4.78, 5) is 22.9. The van der Waals surface area contributed by atoms with Gasteiger partial charge in [-0.05, 0) is 38.1 Å². The predicted molar refractivity (Wildman–Crippen MR) is 93.2 cm³/mol. The summed E-state index contributed by atoms with van der Waals surface area (Å²) in [5, 5.41) is 6.94. The molecule has 6 nitrogen and oxygen atoms in total. The summed E-state index contributed by atoms with van der Waals surface area (Å²) in [5.74, 6) is -0.726. The van der Waals surface area contributed by atoms with E-state index in [2.05, 4.69) is 15.8 Å². The van der Waals surface area contributed by atoms with Crippen molar-refractivity contribution in [2.24, 2.45) is 5.10 Å². The van der Waals surface area contributed by atoms with Crippen LogP contribution < -0.4 is 10.7 Å². The number of hydrogen-bond donors (Lipinski definition) is 2. The van der Waals surface area contributed by atoms with Gasteiger partial charge in [0.1, 0.15) is 11.5 Å². The minimum Gasteiger partial charge on any atom is -0.455 e. The molecular weight excluding hydrogens is 353 g/mol. The Bertz CT molecular complexity index is 785. The number of halogens is 2. The van der Waals surface area contributed by atoms with Gasteiger partial charge in [-0.2, -0.15) is 5.10 Å². The third kappa shape index (κ3) is 4.59. The van der Waals surface area contributed by atoms with Gasteiger partial charge < -0.3 is 9.73 Å². The Kier molecular flexibility index (Phi) is 6.00. The van der Waals surface area contributed by atoms with Gasteiger partial charge in [-0.1, -0.05) is 29.3 Å². The Morgan fingerprint density at radius 2 is 1.92 bits per heavy atom. The Labute approximate surface area is 148 Å². The minimum absolute atomic E-state index is 0.137. The van der Waals surface area contributed by atoms with Gasteiger partial charge in [0.25, 0.3) is 0 Å². The van der Waals surface area contributed by atoms with Crippen LogP contribution in [0.1, 0.15) is 19.6 Å². The summed E-state index contributed by atoms with van der Waals surface area (Å²) >= 11 is 12.1. The van der Waals surface area contributed by atoms with Crippen molar-refractivity contribution in [3.8, 4) is 11.3 Å². The molecule has 1 aromatic carbocycles. The van der Waals surface area contributed by atoms with Crippen LogP contribution in [0, 0.1) is 0 Å². The van der Waals surface area contributed by atoms with E-state index in [0.29, 0.717) is 27.1 Å². The molecule has 0 unspecified atom stereocenters. The second kappa shape index (κ2) is 7.99. The minimum atomic E-state index is -0.857. The van der Waals surface area contributed by atoms with Crippen LogP contribution >= 0.6 is 23.2 Å². The lowest BCUT2D eigenvalue weighted by Gasteiger charge is -2.05. The van der Waals surface area contributed by atoms with Crippen LogP contribution in [0.3, 0.4) is 0 Å². The van der Waals surface area contributed by atoms with E-state index >= 15 is 0 Å². The van der Waals surface area contributed by atoms with Gasteiger partial charge >= 0.3 is 11.8 Å². The van der Waals surface area contributed by atoms with E-state index in [-0.39, 0.29) is 6.04 Å². The second-order valence-corrected chi connectivity index (χ2v) is 5.92. The van der Waals surface area contributed by atoms with Crippen molar-refractivity contribution < 1.29 is 14.0 Å². The molecule has 0 saturated carbocycles. The van der Waals surface area contributed by atoms with E-state index < -0.39 is 11.8 Å². The first-order valence-electron chi connectivity index (χ1n) is 7.06. The molecule has 1 heterocycles. The molecule has 2 aromatic rings. The molecule has 0 radical (unpaired) electrons. The molecule has 0 atom stereocenters. The molecular formula is C16H15Cl2N3O3. The van der Waals surface area contributed by atoms with E-state index in [1.54, 1.807) is 44.2 Å². The highest BCUT2D eigenvalue weighted by atomic mass is 35.5. The largest absolute Gasteiger partial charge is 0.455 e. The van der Waals surface area contributed by atoms with Gasteiger partial charge in [0, 0.05) is 11.6 Å². The van der Waals surface area contributed by atoms with Gasteiger partial charge in [-0.25, -0.2) is 5.43 Å². The zero-order chi connectivity index (χ0) is 17.7. The van der Waals surface area contributed by atoms with E-state index in [1.165, 1.54) is 6.21 Å². The standard InChI is InChI=1S/C16H15Cl2N3O3/c1-9(2)20-15(22)16(23)21-19-8-10-6-7-13(24-10)11-4-3-5-12(17)14(11)18/h3-9H,1-2H3,(H,20,22)(H,21,23)/b19-8-. The molecule has 1 aromatic heterocycles. The number of nitrogens with zero attached hydrogens (tertiary/aromatic N) is 1. The van der Waals surface area contributed by atoms with Gasteiger partial charge in [-0.3, -0.25) is 9.59 Å². The Morgan fingerprint density at radius 1 is 1.17 bits per heavy atom. The first-order valence-corrected chi connectivity index (χ1v) is 7.82. The lowest BCUT2D eigenvalue weighted by atomic mass is 10.2. The molecule has 8 heteroatoms. The van der Waals surface area contributed by atoms with Crippen molar-refractivity contribution in [2.45, 2.75) is 19.9 Å². The van der Waals surface area contributed by atoms with Crippen LogP contribution in [0.4, 0.5) is 0 Å². The topological polar surface area (TPSA) is 83.7 Å². The third-order valence-electron chi connectivity index (χ3n) is 2.83. The fourth-order valence-electron chi connectivity index (χ4n) is 1.79. The maximum absolute atomic E-state index is 11.5. The Balaban J connectivity index is 2.02. The summed E-state index contributed by atoms with van der Waals surface area (Å²) in [6.07, 6.45) is 1.28. The quantitative estimate of drug-likeness (QED) is 0.494.